The quantitative estimate of drug-likeness (QED) is 0.760. The lowest BCUT2D eigenvalue weighted by atomic mass is 9.85. The van der Waals surface area contributed by atoms with E-state index in [4.69, 9.17) is 9.73 Å². The van der Waals surface area contributed by atoms with Crippen LogP contribution in [0.4, 0.5) is 0 Å². The fourth-order valence-corrected chi connectivity index (χ4v) is 4.54. The van der Waals surface area contributed by atoms with Gasteiger partial charge in [0, 0.05) is 22.9 Å². The Morgan fingerprint density at radius 3 is 2.62 bits per heavy atom. The lowest BCUT2D eigenvalue weighted by molar-refractivity contribution is 0.212. The van der Waals surface area contributed by atoms with E-state index in [-0.39, 0.29) is 17.3 Å². The number of phenolic OH excluding ortho intramolecular Hbond substituents is 1. The van der Waals surface area contributed by atoms with Crippen molar-refractivity contribution >= 4 is 17.5 Å². The first-order valence-electron chi connectivity index (χ1n) is 9.80. The van der Waals surface area contributed by atoms with Crippen LogP contribution >= 0.6 is 11.8 Å². The van der Waals surface area contributed by atoms with Crippen LogP contribution in [0.1, 0.15) is 32.8 Å². The number of hydrogen-bond acceptors (Lipinski definition) is 6. The molecule has 0 radical (unpaired) electrons. The number of nitrogens with one attached hydrogen (secondary N) is 1. The molecule has 0 bridgehead atoms. The number of rotatable bonds is 4. The van der Waals surface area contributed by atoms with Gasteiger partial charge in [-0.1, -0.05) is 50.7 Å². The summed E-state index contributed by atoms with van der Waals surface area (Å²) in [6.45, 7) is 6.77. The van der Waals surface area contributed by atoms with E-state index < -0.39 is 0 Å². The van der Waals surface area contributed by atoms with Crippen molar-refractivity contribution in [2.24, 2.45) is 10.4 Å². The Bertz CT molecular complexity index is 950. The topological polar surface area (TPSA) is 57.1 Å². The second-order valence-electron chi connectivity index (χ2n) is 8.43. The average Bonchev–Trinajstić information content (AvgIpc) is 3.14. The van der Waals surface area contributed by atoms with Gasteiger partial charge in [-0.2, -0.15) is 0 Å². The summed E-state index contributed by atoms with van der Waals surface area (Å²) in [5, 5.41) is 13.3. The number of ether oxygens (including phenoxy) is 1. The monoisotopic (exact) mass is 409 g/mol. The molecule has 1 fully saturated rings. The van der Waals surface area contributed by atoms with Crippen molar-refractivity contribution in [2.75, 3.05) is 7.11 Å². The van der Waals surface area contributed by atoms with E-state index in [0.29, 0.717) is 11.8 Å². The maximum atomic E-state index is 9.95. The number of fused-ring (bicyclic) bond motifs is 1. The van der Waals surface area contributed by atoms with Crippen molar-refractivity contribution in [2.45, 2.75) is 44.3 Å². The van der Waals surface area contributed by atoms with Crippen LogP contribution in [0.25, 0.3) is 0 Å². The number of nitrogens with zero attached hydrogens (tertiary/aromatic N) is 2. The standard InChI is InChI=1S/C23H27N3O2S/c1-23(2,3)20-14-21-24-17(15-10-11-18(27)19(12-15)28-4)13-22(26(21)25-20)29-16-8-6-5-7-9-16/h5-13,20-21,25,27H,14H2,1-4H3. The van der Waals surface area contributed by atoms with Crippen molar-refractivity contribution in [3.63, 3.8) is 0 Å². The van der Waals surface area contributed by atoms with Crippen LogP contribution in [-0.4, -0.2) is 35.1 Å². The molecular formula is C23H27N3O2S. The number of methoxy groups -OCH3 is 1. The molecule has 152 valence electrons. The highest BCUT2D eigenvalue weighted by Crippen LogP contribution is 2.39. The number of thioether (sulfide) groups is 1. The Kier molecular flexibility index (Phi) is 5.32. The van der Waals surface area contributed by atoms with E-state index in [9.17, 15) is 5.11 Å². The van der Waals surface area contributed by atoms with Gasteiger partial charge >= 0.3 is 0 Å². The maximum absolute atomic E-state index is 9.95. The minimum absolute atomic E-state index is 0.0326. The molecule has 4 rings (SSSR count). The molecule has 1 saturated heterocycles. The van der Waals surface area contributed by atoms with Crippen molar-refractivity contribution in [1.29, 1.82) is 0 Å². The molecule has 0 aromatic heterocycles. The maximum Gasteiger partial charge on any atom is 0.161 e. The number of aromatic hydroxyl groups is 1. The Labute approximate surface area is 176 Å². The predicted molar refractivity (Wildman–Crippen MR) is 118 cm³/mol. The highest BCUT2D eigenvalue weighted by molar-refractivity contribution is 8.03. The zero-order chi connectivity index (χ0) is 20.6. The number of aliphatic imine (C=N–C) groups is 1. The smallest absolute Gasteiger partial charge is 0.161 e. The summed E-state index contributed by atoms with van der Waals surface area (Å²) in [5.74, 6) is 0.586. The minimum atomic E-state index is 0.0326. The van der Waals surface area contributed by atoms with Crippen molar-refractivity contribution < 1.29 is 9.84 Å². The summed E-state index contributed by atoms with van der Waals surface area (Å²) >= 11 is 1.73. The SMILES string of the molecule is COc1cc(C2=NC3CC(C(C)(C)C)NN3C(Sc3ccccc3)=C2)ccc1O. The van der Waals surface area contributed by atoms with Gasteiger partial charge in [0.2, 0.25) is 0 Å². The van der Waals surface area contributed by atoms with E-state index in [1.165, 1.54) is 4.90 Å². The van der Waals surface area contributed by atoms with Crippen LogP contribution in [0.15, 0.2) is 69.5 Å². The van der Waals surface area contributed by atoms with Gasteiger partial charge in [0.25, 0.3) is 0 Å². The predicted octanol–water partition coefficient (Wildman–Crippen LogP) is 4.79. The van der Waals surface area contributed by atoms with Gasteiger partial charge in [0.1, 0.15) is 6.17 Å². The number of phenols is 1. The zero-order valence-electron chi connectivity index (χ0n) is 17.2. The molecule has 0 aliphatic carbocycles. The van der Waals surface area contributed by atoms with Crippen LogP contribution in [0.2, 0.25) is 0 Å². The summed E-state index contributed by atoms with van der Waals surface area (Å²) in [4.78, 5) is 6.21. The van der Waals surface area contributed by atoms with Gasteiger partial charge in [-0.05, 0) is 41.8 Å². The van der Waals surface area contributed by atoms with E-state index in [0.717, 1.165) is 22.7 Å². The summed E-state index contributed by atoms with van der Waals surface area (Å²) in [6.07, 6.45) is 3.08. The van der Waals surface area contributed by atoms with E-state index in [2.05, 4.69) is 61.5 Å². The number of hydrazine groups is 1. The second kappa shape index (κ2) is 7.76. The average molecular weight is 410 g/mol. The van der Waals surface area contributed by atoms with Gasteiger partial charge in [0.05, 0.1) is 17.9 Å². The molecule has 2 aromatic carbocycles. The molecule has 2 aromatic rings. The zero-order valence-corrected chi connectivity index (χ0v) is 18.0. The molecule has 6 heteroatoms. The Hall–Kier alpha value is -2.44. The molecular weight excluding hydrogens is 382 g/mol. The highest BCUT2D eigenvalue weighted by atomic mass is 32.2. The molecule has 0 amide bonds. The molecule has 2 unspecified atom stereocenters. The molecule has 0 saturated carbocycles. The molecule has 29 heavy (non-hydrogen) atoms. The third-order valence-corrected chi connectivity index (χ3v) is 6.34. The summed E-state index contributed by atoms with van der Waals surface area (Å²) in [5.41, 5.74) is 5.65. The van der Waals surface area contributed by atoms with E-state index in [1.54, 1.807) is 24.9 Å². The van der Waals surface area contributed by atoms with E-state index in [1.807, 2.05) is 18.2 Å². The molecule has 5 nitrogen and oxygen atoms in total. The largest absolute Gasteiger partial charge is 0.504 e. The molecule has 2 atom stereocenters. The minimum Gasteiger partial charge on any atom is -0.504 e. The van der Waals surface area contributed by atoms with Crippen LogP contribution in [0, 0.1) is 5.41 Å². The normalized spacial score (nSPS) is 21.4. The van der Waals surface area contributed by atoms with E-state index >= 15 is 0 Å². The number of hydrogen-bond donors (Lipinski definition) is 2. The summed E-state index contributed by atoms with van der Waals surface area (Å²) in [6, 6.07) is 16.1. The number of benzene rings is 2. The van der Waals surface area contributed by atoms with Crippen LogP contribution < -0.4 is 10.2 Å². The van der Waals surface area contributed by atoms with Crippen LogP contribution in [0.5, 0.6) is 11.5 Å². The Balaban J connectivity index is 1.71. The first-order valence-corrected chi connectivity index (χ1v) is 10.6. The lowest BCUT2D eigenvalue weighted by Gasteiger charge is -2.31. The van der Waals surface area contributed by atoms with Gasteiger partial charge in [-0.3, -0.25) is 10.0 Å². The van der Waals surface area contributed by atoms with Gasteiger partial charge in [0.15, 0.2) is 11.5 Å². The fraction of sp³-hybridized carbons (Fsp3) is 0.348. The molecule has 2 aliphatic heterocycles. The van der Waals surface area contributed by atoms with Gasteiger partial charge in [-0.15, -0.1) is 0 Å². The molecule has 2 aliphatic rings. The third kappa shape index (κ3) is 4.14. The number of allylic oxidation sites excluding steroid dienone is 1. The van der Waals surface area contributed by atoms with Crippen LogP contribution in [0.3, 0.4) is 0 Å². The summed E-state index contributed by atoms with van der Waals surface area (Å²) in [7, 11) is 1.56. The Morgan fingerprint density at radius 2 is 1.93 bits per heavy atom. The van der Waals surface area contributed by atoms with Gasteiger partial charge < -0.3 is 9.84 Å². The molecule has 0 spiro atoms. The first-order chi connectivity index (χ1) is 13.8. The highest BCUT2D eigenvalue weighted by Gasteiger charge is 2.40. The first kappa shape index (κ1) is 19.9. The van der Waals surface area contributed by atoms with Crippen molar-refractivity contribution in [1.82, 2.24) is 10.4 Å². The van der Waals surface area contributed by atoms with Gasteiger partial charge in [-0.25, -0.2) is 5.43 Å². The van der Waals surface area contributed by atoms with Crippen LogP contribution in [-0.2, 0) is 0 Å². The second-order valence-corrected chi connectivity index (χ2v) is 9.53. The lowest BCUT2D eigenvalue weighted by Crippen LogP contribution is -2.43. The molecule has 2 heterocycles. The summed E-state index contributed by atoms with van der Waals surface area (Å²) < 4.78 is 5.29. The Morgan fingerprint density at radius 1 is 1.17 bits per heavy atom. The molecule has 2 N–H and O–H groups in total. The fourth-order valence-electron chi connectivity index (χ4n) is 3.56. The van der Waals surface area contributed by atoms with Crippen molar-refractivity contribution in [3.8, 4) is 11.5 Å². The van der Waals surface area contributed by atoms with Crippen molar-refractivity contribution in [3.05, 3.63) is 65.2 Å². The third-order valence-electron chi connectivity index (χ3n) is 5.31.